The van der Waals surface area contributed by atoms with E-state index in [4.69, 9.17) is 9.47 Å². The number of esters is 2. The maximum absolute atomic E-state index is 11.3. The normalized spacial score (nSPS) is 16.7. The molecule has 0 aromatic carbocycles. The van der Waals surface area contributed by atoms with Crippen molar-refractivity contribution in [3.63, 3.8) is 0 Å². The van der Waals surface area contributed by atoms with Crippen LogP contribution in [0.1, 0.15) is 0 Å². The lowest BCUT2D eigenvalue weighted by Crippen LogP contribution is -2.14. The highest BCUT2D eigenvalue weighted by Crippen LogP contribution is 2.28. The molecule has 0 aliphatic carbocycles. The van der Waals surface area contributed by atoms with Crippen LogP contribution in [0, 0.1) is 0 Å². The molecule has 0 radical (unpaired) electrons. The van der Waals surface area contributed by atoms with E-state index in [1.165, 1.54) is 10.6 Å². The molecule has 84 valence electrons. The molecule has 7 nitrogen and oxygen atoms in total. The Bertz CT molecular complexity index is 659. The molecule has 3 heterocycles. The molecule has 0 atom stereocenters. The summed E-state index contributed by atoms with van der Waals surface area (Å²) in [5.41, 5.74) is 0. The number of aromatic nitrogens is 3. The Labute approximate surface area is 94.3 Å². The van der Waals surface area contributed by atoms with Gasteiger partial charge < -0.3 is 9.47 Å². The minimum absolute atomic E-state index is 0.0378. The van der Waals surface area contributed by atoms with Crippen molar-refractivity contribution in [2.45, 2.75) is 0 Å². The van der Waals surface area contributed by atoms with Crippen LogP contribution in [0.25, 0.3) is 5.78 Å². The summed E-state index contributed by atoms with van der Waals surface area (Å²) in [6, 6.07) is 1.64. The molecule has 0 amide bonds. The lowest BCUT2D eigenvalue weighted by atomic mass is 10.5. The van der Waals surface area contributed by atoms with Crippen molar-refractivity contribution in [2.24, 2.45) is 0 Å². The van der Waals surface area contributed by atoms with E-state index in [1.54, 1.807) is 12.3 Å². The lowest BCUT2D eigenvalue weighted by Gasteiger charge is -2.05. The monoisotopic (exact) mass is 231 g/mol. The Hall–Kier alpha value is -2.70. The fourth-order valence-corrected chi connectivity index (χ4v) is 1.40. The summed E-state index contributed by atoms with van der Waals surface area (Å²) < 4.78 is 11.3. The first-order chi connectivity index (χ1) is 8.24. The molecule has 7 heteroatoms. The van der Waals surface area contributed by atoms with Gasteiger partial charge in [0.15, 0.2) is 0 Å². The highest BCUT2D eigenvalue weighted by molar-refractivity contribution is 5.94. The maximum atomic E-state index is 11.3. The Kier molecular flexibility index (Phi) is 1.91. The third-order valence-corrected chi connectivity index (χ3v) is 2.08. The van der Waals surface area contributed by atoms with Crippen LogP contribution in [0.15, 0.2) is 30.6 Å². The fraction of sp³-hybridized carbons (Fsp3) is 0. The van der Waals surface area contributed by atoms with Gasteiger partial charge in [0.05, 0.1) is 0 Å². The van der Waals surface area contributed by atoms with Crippen molar-refractivity contribution < 1.29 is 19.1 Å². The molecule has 17 heavy (non-hydrogen) atoms. The summed E-state index contributed by atoms with van der Waals surface area (Å²) in [6.45, 7) is 0. The van der Waals surface area contributed by atoms with E-state index in [0.29, 0.717) is 0 Å². The Balaban J connectivity index is 2.23. The van der Waals surface area contributed by atoms with Crippen molar-refractivity contribution in [1.29, 1.82) is 0 Å². The van der Waals surface area contributed by atoms with Gasteiger partial charge in [-0.2, -0.15) is 4.98 Å². The number of rotatable bonds is 0. The van der Waals surface area contributed by atoms with E-state index in [2.05, 4.69) is 9.97 Å². The number of imidazole rings is 1. The number of hydrogen-bond donors (Lipinski definition) is 0. The first-order valence-corrected chi connectivity index (χ1v) is 4.69. The van der Waals surface area contributed by atoms with E-state index >= 15 is 0 Å². The summed E-state index contributed by atoms with van der Waals surface area (Å²) in [5, 5.41) is 0. The fourth-order valence-electron chi connectivity index (χ4n) is 1.40. The lowest BCUT2D eigenvalue weighted by molar-refractivity contribution is -0.133. The van der Waals surface area contributed by atoms with Crippen LogP contribution >= 0.6 is 0 Å². The molecule has 0 spiro atoms. The molecular weight excluding hydrogens is 226 g/mol. The molecule has 0 fully saturated rings. The summed E-state index contributed by atoms with van der Waals surface area (Å²) >= 11 is 0. The van der Waals surface area contributed by atoms with Crippen molar-refractivity contribution in [3.05, 3.63) is 30.6 Å². The summed E-state index contributed by atoms with van der Waals surface area (Å²) in [5.74, 6) is -1.12. The third kappa shape index (κ3) is 1.53. The quantitative estimate of drug-likeness (QED) is 0.598. The van der Waals surface area contributed by atoms with Gasteiger partial charge in [0.25, 0.3) is 11.8 Å². The van der Waals surface area contributed by atoms with Crippen molar-refractivity contribution in [2.75, 3.05) is 0 Å². The second-order valence-electron chi connectivity index (χ2n) is 3.19. The number of fused-ring (bicyclic) bond motifs is 3. The van der Waals surface area contributed by atoms with Gasteiger partial charge in [-0.25, -0.2) is 14.6 Å². The molecule has 2 aromatic heterocycles. The van der Waals surface area contributed by atoms with Crippen LogP contribution in [0.3, 0.4) is 0 Å². The smallest absolute Gasteiger partial charge is 0.337 e. The minimum atomic E-state index is -0.689. The van der Waals surface area contributed by atoms with Crippen LogP contribution in [-0.4, -0.2) is 26.3 Å². The van der Waals surface area contributed by atoms with Crippen molar-refractivity contribution in [1.82, 2.24) is 14.4 Å². The highest BCUT2D eigenvalue weighted by Gasteiger charge is 2.22. The zero-order valence-electron chi connectivity index (χ0n) is 8.36. The van der Waals surface area contributed by atoms with E-state index in [9.17, 15) is 9.59 Å². The minimum Gasteiger partial charge on any atom is -0.400 e. The number of nitrogens with zero attached hydrogens (tertiary/aromatic N) is 3. The number of carbonyl (C=O) groups excluding carboxylic acids is 2. The molecule has 0 saturated carbocycles. The zero-order valence-corrected chi connectivity index (χ0v) is 8.36. The molecular formula is C10H5N3O4. The first kappa shape index (κ1) is 9.52. The van der Waals surface area contributed by atoms with Gasteiger partial charge in [-0.1, -0.05) is 0 Å². The predicted octanol–water partition coefficient (Wildman–Crippen LogP) is 0.110. The average molecular weight is 231 g/mol. The molecule has 1 aliphatic heterocycles. The third-order valence-electron chi connectivity index (χ3n) is 2.08. The summed E-state index contributed by atoms with van der Waals surface area (Å²) in [7, 11) is 0. The summed E-state index contributed by atoms with van der Waals surface area (Å²) in [6.07, 6.45) is 5.09. The topological polar surface area (TPSA) is 82.8 Å². The second kappa shape index (κ2) is 3.41. The molecule has 0 unspecified atom stereocenters. The Morgan fingerprint density at radius 3 is 2.71 bits per heavy atom. The van der Waals surface area contributed by atoms with E-state index in [0.717, 1.165) is 12.2 Å². The van der Waals surface area contributed by atoms with Gasteiger partial charge in [0, 0.05) is 24.5 Å². The highest BCUT2D eigenvalue weighted by atomic mass is 16.6. The van der Waals surface area contributed by atoms with Crippen LogP contribution in [0.2, 0.25) is 0 Å². The Morgan fingerprint density at radius 2 is 1.88 bits per heavy atom. The van der Waals surface area contributed by atoms with Gasteiger partial charge >= 0.3 is 11.9 Å². The zero-order chi connectivity index (χ0) is 11.8. The van der Waals surface area contributed by atoms with Crippen LogP contribution in [-0.2, 0) is 9.59 Å². The SMILES string of the molecule is O=C1/C=C/C(=O)Oc2c(nc3ncccn23)O1. The molecule has 3 rings (SSSR count). The van der Waals surface area contributed by atoms with E-state index in [1.807, 2.05) is 0 Å². The standard InChI is InChI=1S/C10H5N3O4/c14-6-2-3-7(15)17-9-8(16-6)12-10-11-4-1-5-13(9)10/h1-5H/b3-2+. The van der Waals surface area contributed by atoms with Gasteiger partial charge in [-0.05, 0) is 6.07 Å². The van der Waals surface area contributed by atoms with E-state index in [-0.39, 0.29) is 17.5 Å². The molecule has 1 aliphatic rings. The average Bonchev–Trinajstić information content (AvgIpc) is 2.63. The van der Waals surface area contributed by atoms with Crippen LogP contribution in [0.5, 0.6) is 11.8 Å². The van der Waals surface area contributed by atoms with Crippen LogP contribution < -0.4 is 9.47 Å². The second-order valence-corrected chi connectivity index (χ2v) is 3.19. The van der Waals surface area contributed by atoms with Gasteiger partial charge in [0.1, 0.15) is 0 Å². The predicted molar refractivity (Wildman–Crippen MR) is 53.4 cm³/mol. The molecule has 0 N–H and O–H groups in total. The Morgan fingerprint density at radius 1 is 1.12 bits per heavy atom. The number of ether oxygens (including phenoxy) is 2. The molecule has 0 bridgehead atoms. The van der Waals surface area contributed by atoms with E-state index < -0.39 is 11.9 Å². The first-order valence-electron chi connectivity index (χ1n) is 4.69. The van der Waals surface area contributed by atoms with Crippen LogP contribution in [0.4, 0.5) is 0 Å². The number of hydrogen-bond acceptors (Lipinski definition) is 6. The summed E-state index contributed by atoms with van der Waals surface area (Å²) in [4.78, 5) is 30.4. The van der Waals surface area contributed by atoms with Gasteiger partial charge in [-0.3, -0.25) is 4.40 Å². The molecule has 2 aromatic rings. The molecule has 0 saturated heterocycles. The van der Waals surface area contributed by atoms with Crippen molar-refractivity contribution in [3.8, 4) is 11.8 Å². The van der Waals surface area contributed by atoms with Crippen molar-refractivity contribution >= 4 is 17.7 Å². The van der Waals surface area contributed by atoms with Gasteiger partial charge in [0.2, 0.25) is 5.78 Å². The number of carbonyl (C=O) groups is 2. The van der Waals surface area contributed by atoms with Gasteiger partial charge in [-0.15, -0.1) is 0 Å². The maximum Gasteiger partial charge on any atom is 0.337 e. The largest absolute Gasteiger partial charge is 0.400 e.